The van der Waals surface area contributed by atoms with Crippen LogP contribution in [0, 0.1) is 0 Å². The van der Waals surface area contributed by atoms with Crippen LogP contribution >= 0.6 is 25.3 Å². The van der Waals surface area contributed by atoms with Gasteiger partial charge in [0.15, 0.2) is 6.79 Å². The lowest BCUT2D eigenvalue weighted by Crippen LogP contribution is -2.05. The molecule has 0 bridgehead atoms. The molecule has 11 heavy (non-hydrogen) atoms. The van der Waals surface area contributed by atoms with Gasteiger partial charge in [-0.1, -0.05) is 0 Å². The van der Waals surface area contributed by atoms with Gasteiger partial charge in [-0.3, -0.25) is 4.79 Å². The Hall–Kier alpha value is 0.130. The van der Waals surface area contributed by atoms with Gasteiger partial charge in [0.2, 0.25) is 0 Å². The molecule has 3 nitrogen and oxygen atoms in total. The van der Waals surface area contributed by atoms with E-state index in [-0.39, 0.29) is 10.6 Å². The molecule has 0 fully saturated rings. The topological polar surface area (TPSA) is 46.5 Å². The average Bonchev–Trinajstić information content (AvgIpc) is 1.87. The van der Waals surface area contributed by atoms with Crippen molar-refractivity contribution in [3.05, 3.63) is 0 Å². The van der Waals surface area contributed by atoms with E-state index >= 15 is 0 Å². The Morgan fingerprint density at radius 2 is 2.18 bits per heavy atom. The Kier molecular flexibility index (Phi) is 6.90. The maximum atomic E-state index is 10.6. The summed E-state index contributed by atoms with van der Waals surface area (Å²) in [6.07, 6.45) is 1.77. The fourth-order valence-electron chi connectivity index (χ4n) is 0.573. The van der Waals surface area contributed by atoms with Crippen molar-refractivity contribution in [2.24, 2.45) is 0 Å². The number of ether oxygens (including phenoxy) is 1. The molecule has 0 atom stereocenters. The number of hydrogen-bond donors (Lipinski definition) is 3. The van der Waals surface area contributed by atoms with Crippen LogP contribution in [0.1, 0.15) is 19.3 Å². The molecule has 0 heterocycles. The predicted octanol–water partition coefficient (Wildman–Crippen LogP) is 0.835. The van der Waals surface area contributed by atoms with E-state index in [0.717, 1.165) is 6.42 Å². The van der Waals surface area contributed by atoms with E-state index in [1.54, 1.807) is 0 Å². The fourth-order valence-corrected chi connectivity index (χ4v) is 0.938. The van der Waals surface area contributed by atoms with Crippen LogP contribution in [0.3, 0.4) is 0 Å². The lowest BCUT2D eigenvalue weighted by molar-refractivity contribution is -0.151. The van der Waals surface area contributed by atoms with Gasteiger partial charge in [-0.05, 0) is 12.8 Å². The summed E-state index contributed by atoms with van der Waals surface area (Å²) in [5, 5.41) is 8.17. The van der Waals surface area contributed by atoms with E-state index in [0.29, 0.717) is 12.8 Å². The Balaban J connectivity index is 3.17. The molecule has 66 valence electrons. The molecule has 0 aliphatic heterocycles. The molecule has 0 aliphatic rings. The smallest absolute Gasteiger partial charge is 0.307 e. The Labute approximate surface area is 76.9 Å². The summed E-state index contributed by atoms with van der Waals surface area (Å²) in [6, 6.07) is 0. The van der Waals surface area contributed by atoms with Gasteiger partial charge in [0.1, 0.15) is 0 Å². The summed E-state index contributed by atoms with van der Waals surface area (Å²) in [5.41, 5.74) is 0. The largest absolute Gasteiger partial charge is 0.439 e. The molecule has 0 unspecified atom stereocenters. The summed E-state index contributed by atoms with van der Waals surface area (Å²) in [6.45, 7) is -0.538. The molecule has 0 saturated carbocycles. The van der Waals surface area contributed by atoms with Crippen LogP contribution in [-0.2, 0) is 9.53 Å². The Morgan fingerprint density at radius 1 is 1.55 bits per heavy atom. The van der Waals surface area contributed by atoms with E-state index in [9.17, 15) is 4.79 Å². The molecular formula is C6H12O3S2. The van der Waals surface area contributed by atoms with Gasteiger partial charge >= 0.3 is 5.97 Å². The molecule has 0 spiro atoms. The van der Waals surface area contributed by atoms with Crippen LogP contribution in [0.4, 0.5) is 0 Å². The maximum absolute atomic E-state index is 10.6. The highest BCUT2D eigenvalue weighted by Crippen LogP contribution is 2.10. The van der Waals surface area contributed by atoms with Crippen molar-refractivity contribution in [2.45, 2.75) is 23.8 Å². The number of carbonyl (C=O) groups excluding carboxylic acids is 1. The summed E-state index contributed by atoms with van der Waals surface area (Å²) < 4.78 is 4.30. The highest BCUT2D eigenvalue weighted by atomic mass is 32.2. The molecule has 1 N–H and O–H groups in total. The van der Waals surface area contributed by atoms with Gasteiger partial charge in [-0.15, -0.1) is 0 Å². The first kappa shape index (κ1) is 11.1. The highest BCUT2D eigenvalue weighted by molar-refractivity contribution is 7.99. The van der Waals surface area contributed by atoms with E-state index in [2.05, 4.69) is 30.0 Å². The number of thiol groups is 2. The first-order chi connectivity index (χ1) is 5.16. The Bertz CT molecular complexity index is 116. The fraction of sp³-hybridized carbons (Fsp3) is 0.833. The minimum atomic E-state index is -0.538. The van der Waals surface area contributed by atoms with Crippen LogP contribution < -0.4 is 0 Å². The third-order valence-corrected chi connectivity index (χ3v) is 1.59. The predicted molar refractivity (Wildman–Crippen MR) is 48.8 cm³/mol. The van der Waals surface area contributed by atoms with Gasteiger partial charge in [-0.25, -0.2) is 0 Å². The zero-order chi connectivity index (χ0) is 8.69. The van der Waals surface area contributed by atoms with Crippen molar-refractivity contribution in [3.63, 3.8) is 0 Å². The first-order valence-corrected chi connectivity index (χ1v) is 4.32. The second-order valence-corrected chi connectivity index (χ2v) is 3.67. The first-order valence-electron chi connectivity index (χ1n) is 3.29. The standard InChI is InChI=1S/C6H12O3S2/c7-4-9-5(8)2-1-3-6(10)11/h6-7,10-11H,1-4H2. The van der Waals surface area contributed by atoms with Crippen molar-refractivity contribution in [1.29, 1.82) is 0 Å². The number of hydrogen-bond acceptors (Lipinski definition) is 5. The SMILES string of the molecule is O=C(CCCC(S)S)OCO. The molecule has 5 heteroatoms. The lowest BCUT2D eigenvalue weighted by Gasteiger charge is -2.02. The summed E-state index contributed by atoms with van der Waals surface area (Å²) in [5.74, 6) is -0.380. The monoisotopic (exact) mass is 196 g/mol. The quantitative estimate of drug-likeness (QED) is 0.347. The van der Waals surface area contributed by atoms with E-state index in [4.69, 9.17) is 5.11 Å². The number of aliphatic hydroxyl groups excluding tert-OH is 1. The number of aliphatic hydroxyl groups is 1. The van der Waals surface area contributed by atoms with E-state index < -0.39 is 6.79 Å². The van der Waals surface area contributed by atoms with Crippen molar-refractivity contribution < 1.29 is 14.6 Å². The van der Waals surface area contributed by atoms with Crippen molar-refractivity contribution in [2.75, 3.05) is 6.79 Å². The van der Waals surface area contributed by atoms with E-state index in [1.165, 1.54) is 0 Å². The number of esters is 1. The van der Waals surface area contributed by atoms with Crippen molar-refractivity contribution in [1.82, 2.24) is 0 Å². The van der Waals surface area contributed by atoms with Crippen LogP contribution in [0.2, 0.25) is 0 Å². The molecule has 0 radical (unpaired) electrons. The zero-order valence-corrected chi connectivity index (χ0v) is 7.85. The highest BCUT2D eigenvalue weighted by Gasteiger charge is 2.02. The normalized spacial score (nSPS) is 10.2. The third-order valence-electron chi connectivity index (χ3n) is 1.07. The van der Waals surface area contributed by atoms with Crippen LogP contribution in [0.15, 0.2) is 0 Å². The summed E-state index contributed by atoms with van der Waals surface area (Å²) >= 11 is 8.03. The minimum Gasteiger partial charge on any atom is -0.439 e. The number of carbonyl (C=O) groups is 1. The molecular weight excluding hydrogens is 184 g/mol. The van der Waals surface area contributed by atoms with Crippen LogP contribution in [0.25, 0.3) is 0 Å². The second-order valence-electron chi connectivity index (χ2n) is 2.02. The summed E-state index contributed by atoms with van der Waals surface area (Å²) in [7, 11) is 0. The second kappa shape index (κ2) is 6.82. The van der Waals surface area contributed by atoms with Gasteiger partial charge in [0.25, 0.3) is 0 Å². The summed E-state index contributed by atoms with van der Waals surface area (Å²) in [4.78, 5) is 10.6. The molecule has 0 aromatic rings. The molecule has 0 rings (SSSR count). The molecule has 0 aromatic carbocycles. The van der Waals surface area contributed by atoms with Crippen LogP contribution in [-0.4, -0.2) is 22.5 Å². The van der Waals surface area contributed by atoms with Gasteiger partial charge in [0.05, 0.1) is 0 Å². The molecule has 0 saturated heterocycles. The zero-order valence-electron chi connectivity index (χ0n) is 6.06. The van der Waals surface area contributed by atoms with Crippen molar-refractivity contribution >= 4 is 31.2 Å². The minimum absolute atomic E-state index is 0.0110. The molecule has 0 aliphatic carbocycles. The molecule has 0 aromatic heterocycles. The van der Waals surface area contributed by atoms with Gasteiger partial charge < -0.3 is 9.84 Å². The van der Waals surface area contributed by atoms with Gasteiger partial charge in [-0.2, -0.15) is 25.3 Å². The van der Waals surface area contributed by atoms with E-state index in [1.807, 2.05) is 0 Å². The Morgan fingerprint density at radius 3 is 2.64 bits per heavy atom. The van der Waals surface area contributed by atoms with Crippen LogP contribution in [0.5, 0.6) is 0 Å². The lowest BCUT2D eigenvalue weighted by atomic mass is 10.2. The molecule has 0 amide bonds. The average molecular weight is 196 g/mol. The third kappa shape index (κ3) is 8.03. The maximum Gasteiger partial charge on any atom is 0.307 e. The van der Waals surface area contributed by atoms with Gasteiger partial charge in [0, 0.05) is 11.0 Å². The number of rotatable bonds is 5. The van der Waals surface area contributed by atoms with Crippen molar-refractivity contribution in [3.8, 4) is 0 Å².